The Hall–Kier alpha value is -3.23. The molecule has 3 aromatic rings. The van der Waals surface area contributed by atoms with E-state index < -0.39 is 21.9 Å². The van der Waals surface area contributed by atoms with Crippen LogP contribution in [-0.2, 0) is 10.0 Å². The molecule has 0 amide bonds. The van der Waals surface area contributed by atoms with Gasteiger partial charge in [0, 0.05) is 18.9 Å². The SMILES string of the molecule is N#Cc1nccnc1OC1CCN(S(=O)(=O)c2ccc3oc(=O)[nH]c3c2)C1. The van der Waals surface area contributed by atoms with Crippen molar-refractivity contribution in [2.75, 3.05) is 13.1 Å². The summed E-state index contributed by atoms with van der Waals surface area (Å²) in [6.45, 7) is 0.374. The fraction of sp³-hybridized carbons (Fsp3) is 0.250. The molecule has 138 valence electrons. The summed E-state index contributed by atoms with van der Waals surface area (Å²) in [5.74, 6) is -0.562. The highest BCUT2D eigenvalue weighted by atomic mass is 32.2. The fourth-order valence-corrected chi connectivity index (χ4v) is 4.41. The number of nitrogens with one attached hydrogen (secondary N) is 1. The monoisotopic (exact) mass is 387 g/mol. The molecule has 1 aliphatic rings. The zero-order chi connectivity index (χ0) is 19.0. The molecule has 0 saturated carbocycles. The van der Waals surface area contributed by atoms with Gasteiger partial charge in [0.05, 0.1) is 17.0 Å². The van der Waals surface area contributed by atoms with Crippen LogP contribution in [0, 0.1) is 11.3 Å². The second-order valence-corrected chi connectivity index (χ2v) is 7.82. The number of benzene rings is 1. The summed E-state index contributed by atoms with van der Waals surface area (Å²) in [7, 11) is -3.77. The molecule has 0 radical (unpaired) electrons. The predicted molar refractivity (Wildman–Crippen MR) is 91.4 cm³/mol. The second kappa shape index (κ2) is 6.49. The lowest BCUT2D eigenvalue weighted by Gasteiger charge is -2.17. The summed E-state index contributed by atoms with van der Waals surface area (Å²) < 4.78 is 37.6. The third-order valence-electron chi connectivity index (χ3n) is 4.18. The van der Waals surface area contributed by atoms with Crippen LogP contribution in [0.25, 0.3) is 11.1 Å². The third-order valence-corrected chi connectivity index (χ3v) is 6.05. The van der Waals surface area contributed by atoms with Crippen molar-refractivity contribution in [2.45, 2.75) is 17.4 Å². The van der Waals surface area contributed by atoms with Crippen molar-refractivity contribution in [1.82, 2.24) is 19.3 Å². The van der Waals surface area contributed by atoms with Crippen LogP contribution >= 0.6 is 0 Å². The van der Waals surface area contributed by atoms with E-state index in [1.54, 1.807) is 0 Å². The average Bonchev–Trinajstić information content (AvgIpc) is 3.27. The number of H-pyrrole nitrogens is 1. The summed E-state index contributed by atoms with van der Waals surface area (Å²) in [4.78, 5) is 21.6. The minimum Gasteiger partial charge on any atom is -0.471 e. The Kier molecular flexibility index (Phi) is 4.14. The van der Waals surface area contributed by atoms with Crippen LogP contribution in [0.4, 0.5) is 0 Å². The van der Waals surface area contributed by atoms with E-state index in [-0.39, 0.29) is 35.1 Å². The van der Waals surface area contributed by atoms with E-state index in [1.807, 2.05) is 6.07 Å². The van der Waals surface area contributed by atoms with Gasteiger partial charge in [-0.25, -0.2) is 23.2 Å². The van der Waals surface area contributed by atoms with Crippen LogP contribution in [0.1, 0.15) is 12.1 Å². The topological polar surface area (TPSA) is 142 Å². The van der Waals surface area contributed by atoms with Crippen LogP contribution in [0.15, 0.2) is 44.7 Å². The summed E-state index contributed by atoms with van der Waals surface area (Å²) in [5, 5.41) is 9.04. The van der Waals surface area contributed by atoms with Gasteiger partial charge in [-0.2, -0.15) is 9.57 Å². The number of hydrogen-bond donors (Lipinski definition) is 1. The fourth-order valence-electron chi connectivity index (χ4n) is 2.90. The molecule has 1 aromatic carbocycles. The number of aromatic nitrogens is 3. The van der Waals surface area contributed by atoms with Gasteiger partial charge in [-0.05, 0) is 24.6 Å². The molecule has 1 fully saturated rings. The van der Waals surface area contributed by atoms with Gasteiger partial charge in [0.2, 0.25) is 15.7 Å². The lowest BCUT2D eigenvalue weighted by molar-refractivity contribution is 0.205. The first-order valence-corrected chi connectivity index (χ1v) is 9.42. The van der Waals surface area contributed by atoms with E-state index in [0.717, 1.165) is 0 Å². The molecular weight excluding hydrogens is 374 g/mol. The highest BCUT2D eigenvalue weighted by Gasteiger charge is 2.34. The van der Waals surface area contributed by atoms with Crippen LogP contribution in [0.3, 0.4) is 0 Å². The Morgan fingerprint density at radius 3 is 2.96 bits per heavy atom. The Morgan fingerprint density at radius 2 is 2.15 bits per heavy atom. The quantitative estimate of drug-likeness (QED) is 0.686. The Morgan fingerprint density at radius 1 is 1.33 bits per heavy atom. The molecule has 0 bridgehead atoms. The highest BCUT2D eigenvalue weighted by molar-refractivity contribution is 7.89. The van der Waals surface area contributed by atoms with Gasteiger partial charge in [-0.15, -0.1) is 0 Å². The molecule has 1 aliphatic heterocycles. The molecule has 11 heteroatoms. The molecule has 27 heavy (non-hydrogen) atoms. The minimum atomic E-state index is -3.77. The summed E-state index contributed by atoms with van der Waals surface area (Å²) in [6.07, 6.45) is 2.79. The molecule has 2 aromatic heterocycles. The first kappa shape index (κ1) is 17.2. The number of ether oxygens (including phenoxy) is 1. The minimum absolute atomic E-state index is 0.0462. The van der Waals surface area contributed by atoms with E-state index in [0.29, 0.717) is 11.9 Å². The zero-order valence-corrected chi connectivity index (χ0v) is 14.6. The summed E-state index contributed by atoms with van der Waals surface area (Å²) >= 11 is 0. The standard InChI is InChI=1S/C16H13N5O5S/c17-8-13-15(19-5-4-18-13)25-10-3-6-21(9-10)27(23,24)11-1-2-14-12(7-11)20-16(22)26-14/h1-2,4-5,7,10H,3,6,9H2,(H,20,22). The number of hydrogen-bond acceptors (Lipinski definition) is 8. The Bertz CT molecular complexity index is 1210. The maximum atomic E-state index is 12.9. The molecule has 1 unspecified atom stereocenters. The van der Waals surface area contributed by atoms with Gasteiger partial charge in [-0.3, -0.25) is 4.98 Å². The van der Waals surface area contributed by atoms with Crippen molar-refractivity contribution in [3.63, 3.8) is 0 Å². The van der Waals surface area contributed by atoms with Gasteiger partial charge < -0.3 is 9.15 Å². The normalized spacial score (nSPS) is 17.8. The molecule has 3 heterocycles. The summed E-state index contributed by atoms with van der Waals surface area (Å²) in [6, 6.07) is 6.07. The first-order chi connectivity index (χ1) is 13.0. The van der Waals surface area contributed by atoms with Crippen LogP contribution < -0.4 is 10.5 Å². The third kappa shape index (κ3) is 3.16. The van der Waals surface area contributed by atoms with E-state index in [9.17, 15) is 13.2 Å². The smallest absolute Gasteiger partial charge is 0.417 e. The largest absolute Gasteiger partial charge is 0.471 e. The number of rotatable bonds is 4. The number of oxazole rings is 1. The average molecular weight is 387 g/mol. The number of nitriles is 1. The molecule has 1 N–H and O–H groups in total. The van der Waals surface area contributed by atoms with Gasteiger partial charge in [0.15, 0.2) is 5.58 Å². The Balaban J connectivity index is 1.54. The van der Waals surface area contributed by atoms with Gasteiger partial charge in [0.1, 0.15) is 12.2 Å². The number of aromatic amines is 1. The Labute approximate surface area is 153 Å². The van der Waals surface area contributed by atoms with E-state index in [4.69, 9.17) is 14.4 Å². The van der Waals surface area contributed by atoms with Gasteiger partial charge >= 0.3 is 5.76 Å². The predicted octanol–water partition coefficient (Wildman–Crippen LogP) is 0.625. The molecule has 10 nitrogen and oxygen atoms in total. The van der Waals surface area contributed by atoms with Crippen molar-refractivity contribution in [3.8, 4) is 11.9 Å². The maximum absolute atomic E-state index is 12.9. The summed E-state index contributed by atoms with van der Waals surface area (Å²) in [5.41, 5.74) is 0.646. The molecule has 1 saturated heterocycles. The molecule has 1 atom stereocenters. The molecule has 0 spiro atoms. The van der Waals surface area contributed by atoms with Gasteiger partial charge in [-0.1, -0.05) is 0 Å². The number of fused-ring (bicyclic) bond motifs is 1. The highest BCUT2D eigenvalue weighted by Crippen LogP contribution is 2.25. The maximum Gasteiger partial charge on any atom is 0.417 e. The molecule has 4 rings (SSSR count). The zero-order valence-electron chi connectivity index (χ0n) is 13.8. The first-order valence-electron chi connectivity index (χ1n) is 7.98. The van der Waals surface area contributed by atoms with Gasteiger partial charge in [0.25, 0.3) is 5.88 Å². The van der Waals surface area contributed by atoms with E-state index >= 15 is 0 Å². The van der Waals surface area contributed by atoms with E-state index in [2.05, 4.69) is 15.0 Å². The van der Waals surface area contributed by atoms with Crippen LogP contribution in [0.2, 0.25) is 0 Å². The number of nitrogens with zero attached hydrogens (tertiary/aromatic N) is 4. The van der Waals surface area contributed by atoms with Crippen LogP contribution in [-0.4, -0.2) is 46.9 Å². The van der Waals surface area contributed by atoms with Crippen molar-refractivity contribution in [2.24, 2.45) is 0 Å². The lowest BCUT2D eigenvalue weighted by Crippen LogP contribution is -2.31. The lowest BCUT2D eigenvalue weighted by atomic mass is 10.3. The van der Waals surface area contributed by atoms with Crippen molar-refractivity contribution >= 4 is 21.1 Å². The molecule has 0 aliphatic carbocycles. The van der Waals surface area contributed by atoms with Crippen molar-refractivity contribution < 1.29 is 17.6 Å². The van der Waals surface area contributed by atoms with Crippen molar-refractivity contribution in [3.05, 3.63) is 46.8 Å². The van der Waals surface area contributed by atoms with Crippen molar-refractivity contribution in [1.29, 1.82) is 5.26 Å². The second-order valence-electron chi connectivity index (χ2n) is 5.89. The van der Waals surface area contributed by atoms with E-state index in [1.165, 1.54) is 34.9 Å². The molecular formula is C16H13N5O5S. The number of sulfonamides is 1. The van der Waals surface area contributed by atoms with Crippen LogP contribution in [0.5, 0.6) is 5.88 Å².